The third-order valence-corrected chi connectivity index (χ3v) is 7.71. The number of carbonyl (C=O) groups is 1. The maximum absolute atomic E-state index is 12.2. The van der Waals surface area contributed by atoms with E-state index in [1.807, 2.05) is 0 Å². The molecule has 1 amide bonds. The lowest BCUT2D eigenvalue weighted by atomic mass is 9.69. The van der Waals surface area contributed by atoms with Gasteiger partial charge in [-0.2, -0.15) is 0 Å². The van der Waals surface area contributed by atoms with E-state index in [1.54, 1.807) is 0 Å². The van der Waals surface area contributed by atoms with Crippen molar-refractivity contribution in [2.24, 2.45) is 16.7 Å². The second-order valence-electron chi connectivity index (χ2n) is 6.44. The molecule has 96 valence electrons. The molecule has 4 nitrogen and oxygen atoms in total. The standard InChI is InChI=1S/C12H19NO3S/c1-8(14)13-10-6-9-4-5-12(10,11(9,2)3)7-17(13,15)16/h9-10H,4-7H2,1-3H3/t9-,10+,12-/m1/s1. The number of hydrogen-bond acceptors (Lipinski definition) is 3. The Morgan fingerprint density at radius 1 is 1.35 bits per heavy atom. The first-order valence-corrected chi connectivity index (χ1v) is 7.86. The smallest absolute Gasteiger partial charge is 0.238 e. The van der Waals surface area contributed by atoms with Gasteiger partial charge < -0.3 is 0 Å². The highest BCUT2D eigenvalue weighted by Gasteiger charge is 2.71. The lowest BCUT2D eigenvalue weighted by Gasteiger charge is -2.36. The molecule has 1 aliphatic heterocycles. The number of rotatable bonds is 0. The zero-order chi connectivity index (χ0) is 12.6. The molecule has 0 unspecified atom stereocenters. The van der Waals surface area contributed by atoms with Crippen LogP contribution in [-0.2, 0) is 14.8 Å². The molecule has 3 rings (SSSR count). The van der Waals surface area contributed by atoms with Crippen LogP contribution in [0.25, 0.3) is 0 Å². The molecule has 2 saturated carbocycles. The highest BCUT2D eigenvalue weighted by molar-refractivity contribution is 7.90. The van der Waals surface area contributed by atoms with E-state index in [2.05, 4.69) is 13.8 Å². The van der Waals surface area contributed by atoms with Crippen LogP contribution in [0.5, 0.6) is 0 Å². The van der Waals surface area contributed by atoms with E-state index < -0.39 is 10.0 Å². The van der Waals surface area contributed by atoms with Crippen LogP contribution in [0.15, 0.2) is 0 Å². The molecule has 3 aliphatic rings. The quantitative estimate of drug-likeness (QED) is 0.658. The van der Waals surface area contributed by atoms with Crippen molar-refractivity contribution >= 4 is 15.9 Å². The summed E-state index contributed by atoms with van der Waals surface area (Å²) in [5.74, 6) is 0.438. The summed E-state index contributed by atoms with van der Waals surface area (Å²) in [6.07, 6.45) is 2.94. The topological polar surface area (TPSA) is 54.5 Å². The Morgan fingerprint density at radius 2 is 2.00 bits per heavy atom. The zero-order valence-corrected chi connectivity index (χ0v) is 11.4. The van der Waals surface area contributed by atoms with Gasteiger partial charge in [-0.1, -0.05) is 13.8 Å². The van der Waals surface area contributed by atoms with Gasteiger partial charge in [-0.25, -0.2) is 12.7 Å². The fourth-order valence-corrected chi connectivity index (χ4v) is 7.27. The fourth-order valence-electron chi connectivity index (χ4n) is 4.70. The summed E-state index contributed by atoms with van der Waals surface area (Å²) in [6.45, 7) is 5.74. The van der Waals surface area contributed by atoms with Crippen molar-refractivity contribution in [2.45, 2.75) is 46.1 Å². The Labute approximate surface area is 102 Å². The van der Waals surface area contributed by atoms with Crippen LogP contribution in [0.3, 0.4) is 0 Å². The first-order chi connectivity index (χ1) is 7.72. The number of amides is 1. The fraction of sp³-hybridized carbons (Fsp3) is 0.917. The number of fused-ring (bicyclic) bond motifs is 1. The van der Waals surface area contributed by atoms with E-state index in [1.165, 1.54) is 11.2 Å². The molecule has 0 radical (unpaired) electrons. The van der Waals surface area contributed by atoms with Crippen molar-refractivity contribution in [1.82, 2.24) is 4.31 Å². The molecule has 0 N–H and O–H groups in total. The van der Waals surface area contributed by atoms with E-state index in [0.717, 1.165) is 19.3 Å². The van der Waals surface area contributed by atoms with Gasteiger partial charge in [0.1, 0.15) is 0 Å². The van der Waals surface area contributed by atoms with Crippen molar-refractivity contribution in [3.63, 3.8) is 0 Å². The minimum atomic E-state index is -3.38. The third-order valence-electron chi connectivity index (χ3n) is 5.72. The Kier molecular flexibility index (Phi) is 1.94. The Bertz CT molecular complexity index is 496. The summed E-state index contributed by atoms with van der Waals surface area (Å²) in [5.41, 5.74) is -0.128. The number of carbonyl (C=O) groups excluding carboxylic acids is 1. The van der Waals surface area contributed by atoms with Crippen molar-refractivity contribution in [3.05, 3.63) is 0 Å². The average molecular weight is 257 g/mol. The van der Waals surface area contributed by atoms with Gasteiger partial charge >= 0.3 is 0 Å². The van der Waals surface area contributed by atoms with Gasteiger partial charge in [0.05, 0.1) is 11.8 Å². The number of hydrogen-bond donors (Lipinski definition) is 0. The van der Waals surface area contributed by atoms with Gasteiger partial charge in [0.15, 0.2) is 0 Å². The summed E-state index contributed by atoms with van der Waals surface area (Å²) < 4.78 is 25.6. The second-order valence-corrected chi connectivity index (χ2v) is 8.28. The summed E-state index contributed by atoms with van der Waals surface area (Å²) in [5, 5.41) is 0. The second kappa shape index (κ2) is 2.87. The maximum Gasteiger partial charge on any atom is 0.238 e. The average Bonchev–Trinajstić information content (AvgIpc) is 2.62. The molecule has 1 spiro atoms. The van der Waals surface area contributed by atoms with Crippen LogP contribution in [0.4, 0.5) is 0 Å². The summed E-state index contributed by atoms with van der Waals surface area (Å²) in [4.78, 5) is 11.6. The molecule has 0 aromatic heterocycles. The maximum atomic E-state index is 12.2. The van der Waals surface area contributed by atoms with Crippen molar-refractivity contribution < 1.29 is 13.2 Å². The van der Waals surface area contributed by atoms with E-state index in [-0.39, 0.29) is 28.5 Å². The normalized spacial score (nSPS) is 45.0. The van der Waals surface area contributed by atoms with Crippen molar-refractivity contribution in [2.75, 3.05) is 5.75 Å². The number of sulfonamides is 1. The molecule has 1 heterocycles. The largest absolute Gasteiger partial charge is 0.274 e. The Balaban J connectivity index is 2.15. The molecule has 3 atom stereocenters. The van der Waals surface area contributed by atoms with Gasteiger partial charge in [-0.3, -0.25) is 4.79 Å². The highest BCUT2D eigenvalue weighted by Crippen LogP contribution is 2.69. The first-order valence-electron chi connectivity index (χ1n) is 6.25. The Morgan fingerprint density at radius 3 is 2.53 bits per heavy atom. The zero-order valence-electron chi connectivity index (χ0n) is 10.6. The highest BCUT2D eigenvalue weighted by atomic mass is 32.2. The molecule has 3 fully saturated rings. The Hall–Kier alpha value is -0.580. The molecule has 0 aromatic rings. The number of nitrogens with zero attached hydrogens (tertiary/aromatic N) is 1. The van der Waals surface area contributed by atoms with E-state index in [4.69, 9.17) is 0 Å². The SMILES string of the molecule is CC(=O)N1[C@H]2C[C@H]3CC[C@]2(CS1(=O)=O)C3(C)C. The van der Waals surface area contributed by atoms with Crippen LogP contribution in [0, 0.1) is 16.7 Å². The van der Waals surface area contributed by atoms with E-state index in [9.17, 15) is 13.2 Å². The van der Waals surface area contributed by atoms with Crippen LogP contribution >= 0.6 is 0 Å². The van der Waals surface area contributed by atoms with Crippen molar-refractivity contribution in [1.29, 1.82) is 0 Å². The molecule has 2 aliphatic carbocycles. The van der Waals surface area contributed by atoms with Crippen LogP contribution in [-0.4, -0.2) is 30.4 Å². The predicted molar refractivity (Wildman–Crippen MR) is 63.6 cm³/mol. The molecule has 1 saturated heterocycles. The molecule has 5 heteroatoms. The van der Waals surface area contributed by atoms with Gasteiger partial charge in [0.2, 0.25) is 15.9 Å². The van der Waals surface area contributed by atoms with Gasteiger partial charge in [-0.15, -0.1) is 0 Å². The van der Waals surface area contributed by atoms with Crippen molar-refractivity contribution in [3.8, 4) is 0 Å². The molecular weight excluding hydrogens is 238 g/mol. The molecule has 0 aromatic carbocycles. The van der Waals surface area contributed by atoms with Crippen LogP contribution in [0.2, 0.25) is 0 Å². The lowest BCUT2D eigenvalue weighted by molar-refractivity contribution is -0.126. The van der Waals surface area contributed by atoms with Gasteiger partial charge in [-0.05, 0) is 30.6 Å². The van der Waals surface area contributed by atoms with E-state index >= 15 is 0 Å². The summed E-state index contributed by atoms with van der Waals surface area (Å²) in [6, 6.07) is -0.0706. The van der Waals surface area contributed by atoms with Gasteiger partial charge in [0.25, 0.3) is 0 Å². The lowest BCUT2D eigenvalue weighted by Crippen LogP contribution is -2.43. The minimum Gasteiger partial charge on any atom is -0.274 e. The van der Waals surface area contributed by atoms with Crippen LogP contribution in [0.1, 0.15) is 40.0 Å². The molecular formula is C12H19NO3S. The third kappa shape index (κ3) is 1.09. The van der Waals surface area contributed by atoms with Gasteiger partial charge in [0, 0.05) is 12.3 Å². The predicted octanol–water partition coefficient (Wildman–Crippen LogP) is 1.37. The van der Waals surface area contributed by atoms with E-state index in [0.29, 0.717) is 5.92 Å². The monoisotopic (exact) mass is 257 g/mol. The molecule has 17 heavy (non-hydrogen) atoms. The first kappa shape index (κ1) is 11.5. The van der Waals surface area contributed by atoms with Crippen LogP contribution < -0.4 is 0 Å². The molecule has 2 bridgehead atoms. The summed E-state index contributed by atoms with van der Waals surface area (Å²) in [7, 11) is -3.38. The minimum absolute atomic E-state index is 0.0505. The summed E-state index contributed by atoms with van der Waals surface area (Å²) >= 11 is 0.